The molecule has 3 unspecified atom stereocenters. The van der Waals surface area contributed by atoms with Crippen molar-refractivity contribution in [3.8, 4) is 17.2 Å². The van der Waals surface area contributed by atoms with Crippen LogP contribution in [0.5, 0.6) is 17.2 Å². The van der Waals surface area contributed by atoms with E-state index in [2.05, 4.69) is 37.5 Å². The van der Waals surface area contributed by atoms with E-state index < -0.39 is 48.3 Å². The topological polar surface area (TPSA) is 291 Å². The second-order valence-corrected chi connectivity index (χ2v) is 11.4. The predicted molar refractivity (Wildman–Crippen MR) is 177 cm³/mol. The highest BCUT2D eigenvalue weighted by Crippen LogP contribution is 2.38. The lowest BCUT2D eigenvalue weighted by molar-refractivity contribution is -0.165. The number of piperidine rings is 1. The Morgan fingerprint density at radius 3 is 1.51 bits per heavy atom. The number of aliphatic hydroxyl groups is 4. The molecule has 7 atom stereocenters. The summed E-state index contributed by atoms with van der Waals surface area (Å²) in [7, 11) is 4.61. The highest BCUT2D eigenvalue weighted by atomic mass is 16.5. The quantitative estimate of drug-likeness (QED) is 0.0931. The van der Waals surface area contributed by atoms with Crippen LogP contribution in [0, 0.1) is 5.92 Å². The molecule has 8 N–H and O–H groups in total. The maximum Gasteiger partial charge on any atom is 0.338 e. The van der Waals surface area contributed by atoms with E-state index in [9.17, 15) is 24.0 Å². The van der Waals surface area contributed by atoms with Gasteiger partial charge in [-0.1, -0.05) is 20.8 Å². The van der Waals surface area contributed by atoms with Gasteiger partial charge < -0.3 is 69.6 Å². The Hall–Kier alpha value is -4.27. The Kier molecular flexibility index (Phi) is 21.3. The zero-order valence-corrected chi connectivity index (χ0v) is 29.8. The Morgan fingerprint density at radius 2 is 1.18 bits per heavy atom. The molecule has 2 rings (SSSR count). The second-order valence-electron chi connectivity index (χ2n) is 11.4. The van der Waals surface area contributed by atoms with Crippen LogP contribution in [-0.4, -0.2) is 171 Å². The molecule has 0 bridgehead atoms. The number of esters is 1. The summed E-state index contributed by atoms with van der Waals surface area (Å²) in [5.41, 5.74) is 0.399. The molecular formula is C32H52N2O17. The number of carbonyl (C=O) groups is 5. The number of ether oxygens (including phenoxy) is 4. The van der Waals surface area contributed by atoms with Gasteiger partial charge in [-0.2, -0.15) is 0 Å². The maximum atomic E-state index is 12.9. The number of nitrogens with zero attached hydrogens (tertiary/aromatic N) is 2. The molecule has 51 heavy (non-hydrogen) atoms. The van der Waals surface area contributed by atoms with Crippen molar-refractivity contribution in [2.45, 2.75) is 77.1 Å². The van der Waals surface area contributed by atoms with Gasteiger partial charge in [0.1, 0.15) is 6.10 Å². The van der Waals surface area contributed by atoms with Crippen LogP contribution in [0.3, 0.4) is 0 Å². The molecule has 0 aromatic heterocycles. The summed E-state index contributed by atoms with van der Waals surface area (Å²) in [5.74, 6) is -5.82. The predicted octanol–water partition coefficient (Wildman–Crippen LogP) is -0.545. The number of carboxylic acid groups (broad SMARTS) is 4. The average molecular weight is 737 g/mol. The molecule has 0 aliphatic carbocycles. The van der Waals surface area contributed by atoms with Crippen molar-refractivity contribution in [3.63, 3.8) is 0 Å². The zero-order chi connectivity index (χ0) is 39.6. The number of aliphatic hydroxyl groups excluding tert-OH is 4. The summed E-state index contributed by atoms with van der Waals surface area (Å²) >= 11 is 0. The first-order chi connectivity index (χ1) is 23.8. The molecule has 1 saturated heterocycles. The van der Waals surface area contributed by atoms with E-state index in [1.165, 1.54) is 21.3 Å². The van der Waals surface area contributed by atoms with Crippen molar-refractivity contribution in [1.82, 2.24) is 9.80 Å². The molecule has 1 heterocycles. The van der Waals surface area contributed by atoms with Crippen LogP contribution in [0.25, 0.3) is 0 Å². The first kappa shape index (κ1) is 46.7. The van der Waals surface area contributed by atoms with Gasteiger partial charge in [-0.25, -0.2) is 24.0 Å². The standard InChI is InChI=1S/C24H40N2O5.2C4H6O6/c1-8-25(9-2)11-10-12-26-16-17(3)20(13-18(26)4)31-24(27)19-14-21(28-5)23(30-7)22(15-19)29-6;2*5-1(3(7)8)2(6)4(9)10/h14-15,17-18,20H,8-13,16H2,1-7H3;2*1-2,5-6H,(H,7,8)(H,9,10)/t;2*1-,2-/m.11/s1. The van der Waals surface area contributed by atoms with Crippen LogP contribution in [-0.2, 0) is 23.9 Å². The lowest BCUT2D eigenvalue weighted by Gasteiger charge is -2.41. The van der Waals surface area contributed by atoms with Crippen molar-refractivity contribution in [1.29, 1.82) is 0 Å². The van der Waals surface area contributed by atoms with Gasteiger partial charge in [-0.05, 0) is 58.1 Å². The number of benzene rings is 1. The van der Waals surface area contributed by atoms with E-state index in [4.69, 9.17) is 59.8 Å². The Balaban J connectivity index is 0.00000102. The van der Waals surface area contributed by atoms with Gasteiger partial charge in [0, 0.05) is 18.5 Å². The van der Waals surface area contributed by atoms with Crippen LogP contribution in [0.4, 0.5) is 0 Å². The van der Waals surface area contributed by atoms with Crippen molar-refractivity contribution in [3.05, 3.63) is 17.7 Å². The molecule has 1 aromatic rings. The molecule has 0 amide bonds. The molecule has 1 aliphatic heterocycles. The third-order valence-corrected chi connectivity index (χ3v) is 7.94. The molecule has 19 heteroatoms. The van der Waals surface area contributed by atoms with Crippen LogP contribution >= 0.6 is 0 Å². The largest absolute Gasteiger partial charge is 0.493 e. The molecule has 1 fully saturated rings. The summed E-state index contributed by atoms with van der Waals surface area (Å²) < 4.78 is 22.0. The number of carboxylic acids is 4. The Bertz CT molecular complexity index is 1180. The van der Waals surface area contributed by atoms with Crippen LogP contribution < -0.4 is 14.2 Å². The van der Waals surface area contributed by atoms with Crippen molar-refractivity contribution >= 4 is 29.8 Å². The van der Waals surface area contributed by atoms with Gasteiger partial charge in [-0.3, -0.25) is 0 Å². The minimum absolute atomic E-state index is 0.111. The summed E-state index contributed by atoms with van der Waals surface area (Å²) in [5, 5.41) is 65.1. The Labute approximate surface area is 295 Å². The molecule has 0 radical (unpaired) electrons. The SMILES string of the molecule is CCN(CC)CCCN1CC(C)C(OC(=O)c2cc(OC)c(OC)c(OC)c2)CC1C.O=C(O)[C@H](O)[C@@H](O)C(=O)O.O=C(O)[C@H](O)[C@@H](O)C(=O)O. The number of hydrogen-bond acceptors (Lipinski definition) is 15. The van der Waals surface area contributed by atoms with Gasteiger partial charge in [0.15, 0.2) is 35.9 Å². The van der Waals surface area contributed by atoms with Crippen molar-refractivity contribution < 1.29 is 83.8 Å². The fraction of sp³-hybridized carbons (Fsp3) is 0.656. The van der Waals surface area contributed by atoms with Gasteiger partial charge >= 0.3 is 29.8 Å². The first-order valence-electron chi connectivity index (χ1n) is 15.9. The number of carbonyl (C=O) groups excluding carboxylic acids is 1. The number of methoxy groups -OCH3 is 3. The molecule has 19 nitrogen and oxygen atoms in total. The first-order valence-corrected chi connectivity index (χ1v) is 15.9. The molecule has 0 saturated carbocycles. The number of hydrogen-bond donors (Lipinski definition) is 8. The zero-order valence-electron chi connectivity index (χ0n) is 29.8. The normalized spacial score (nSPS) is 19.4. The van der Waals surface area contributed by atoms with E-state index in [-0.39, 0.29) is 18.0 Å². The lowest BCUT2D eigenvalue weighted by Crippen LogP contribution is -2.49. The third kappa shape index (κ3) is 15.2. The molecular weight excluding hydrogens is 684 g/mol. The van der Waals surface area contributed by atoms with Gasteiger partial charge in [0.05, 0.1) is 26.9 Å². The summed E-state index contributed by atoms with van der Waals surface area (Å²) in [6.45, 7) is 14.2. The highest BCUT2D eigenvalue weighted by molar-refractivity contribution is 5.91. The number of likely N-dealkylation sites (tertiary alicyclic amines) is 1. The molecule has 292 valence electrons. The van der Waals surface area contributed by atoms with Gasteiger partial charge in [0.25, 0.3) is 0 Å². The average Bonchev–Trinajstić information content (AvgIpc) is 3.10. The van der Waals surface area contributed by atoms with Crippen molar-refractivity contribution in [2.75, 3.05) is 54.1 Å². The minimum Gasteiger partial charge on any atom is -0.493 e. The minimum atomic E-state index is -2.27. The van der Waals surface area contributed by atoms with Crippen LogP contribution in [0.2, 0.25) is 0 Å². The lowest BCUT2D eigenvalue weighted by atomic mass is 9.91. The molecule has 1 aromatic carbocycles. The highest BCUT2D eigenvalue weighted by Gasteiger charge is 2.34. The van der Waals surface area contributed by atoms with Crippen LogP contribution in [0.1, 0.15) is 50.9 Å². The summed E-state index contributed by atoms with van der Waals surface area (Å²) in [6.07, 6.45) is -7.18. The third-order valence-electron chi connectivity index (χ3n) is 7.94. The van der Waals surface area contributed by atoms with E-state index >= 15 is 0 Å². The smallest absolute Gasteiger partial charge is 0.338 e. The molecule has 0 spiro atoms. The van der Waals surface area contributed by atoms with E-state index in [0.717, 1.165) is 45.6 Å². The summed E-state index contributed by atoms with van der Waals surface area (Å²) in [4.78, 5) is 57.0. The van der Waals surface area contributed by atoms with E-state index in [1.807, 2.05) is 0 Å². The number of aliphatic carboxylic acids is 4. The monoisotopic (exact) mass is 736 g/mol. The Morgan fingerprint density at radius 1 is 0.765 bits per heavy atom. The van der Waals surface area contributed by atoms with Crippen LogP contribution in [0.15, 0.2) is 12.1 Å². The fourth-order valence-corrected chi connectivity index (χ4v) is 4.84. The van der Waals surface area contributed by atoms with Gasteiger partial charge in [-0.15, -0.1) is 0 Å². The van der Waals surface area contributed by atoms with Crippen molar-refractivity contribution in [2.24, 2.45) is 5.92 Å². The second kappa shape index (κ2) is 23.3. The number of rotatable bonds is 17. The van der Waals surface area contributed by atoms with E-state index in [0.29, 0.717) is 28.9 Å². The summed E-state index contributed by atoms with van der Waals surface area (Å²) in [6, 6.07) is 3.66. The fourth-order valence-electron chi connectivity index (χ4n) is 4.84. The molecule has 1 aliphatic rings. The maximum absolute atomic E-state index is 12.9. The van der Waals surface area contributed by atoms with E-state index in [1.54, 1.807) is 12.1 Å². The van der Waals surface area contributed by atoms with Gasteiger partial charge in [0.2, 0.25) is 5.75 Å².